The molecule has 2 unspecified atom stereocenters. The van der Waals surface area contributed by atoms with Crippen LogP contribution in [-0.4, -0.2) is 10.00 Å². The monoisotopic (exact) mass is 426 g/mol. The Balaban J connectivity index is 1.65. The fourth-order valence-electron chi connectivity index (χ4n) is 5.73. The molecule has 0 N–H and O–H groups in total. The van der Waals surface area contributed by atoms with E-state index in [1.807, 2.05) is 0 Å². The molecule has 0 bridgehead atoms. The summed E-state index contributed by atoms with van der Waals surface area (Å²) < 4.78 is 4.68. The number of rotatable bonds is 6. The molecule has 0 aromatic rings. The Bertz CT molecular complexity index is 670. The Morgan fingerprint density at radius 2 is 1.50 bits per heavy atom. The Hall–Kier alpha value is -0.617. The van der Waals surface area contributed by atoms with Crippen LogP contribution in [0.1, 0.15) is 58.3 Å². The molecule has 0 aromatic carbocycles. The van der Waals surface area contributed by atoms with Gasteiger partial charge in [-0.2, -0.15) is 0 Å². The molecule has 2 atom stereocenters. The standard InChI is InChI=1S/C20H25.C2H3O.C2H4.Zr/c1-14(17-12-10-15-6-2-4-8-19(15)17)18-13-11-16-7-3-5-9-20(16)18;1-2-3;1-2;/h10-14,17-18H,1-9H2;2H,1H2;1H,2H3;. The molecule has 0 aromatic heterocycles. The molecule has 138 valence electrons. The normalized spacial score (nSPS) is 29.2. The van der Waals surface area contributed by atoms with E-state index in [0.717, 1.165) is 4.13 Å². The van der Waals surface area contributed by atoms with Gasteiger partial charge in [0.15, 0.2) is 0 Å². The van der Waals surface area contributed by atoms with Gasteiger partial charge in [-0.3, -0.25) is 0 Å². The Morgan fingerprint density at radius 1 is 0.962 bits per heavy atom. The maximum absolute atomic E-state index is 11.2. The van der Waals surface area contributed by atoms with Gasteiger partial charge in [-0.15, -0.1) is 0 Å². The minimum absolute atomic E-state index is 0.649. The summed E-state index contributed by atoms with van der Waals surface area (Å²) in [7, 11) is 0. The summed E-state index contributed by atoms with van der Waals surface area (Å²) in [5.74, 6) is 2.01. The van der Waals surface area contributed by atoms with Crippen molar-refractivity contribution in [1.29, 1.82) is 0 Å². The van der Waals surface area contributed by atoms with Crippen LogP contribution in [0.5, 0.6) is 0 Å². The van der Waals surface area contributed by atoms with Crippen LogP contribution in [0.25, 0.3) is 0 Å². The second-order valence-electron chi connectivity index (χ2n) is 8.47. The van der Waals surface area contributed by atoms with Crippen molar-refractivity contribution >= 4 is 10.00 Å². The van der Waals surface area contributed by atoms with E-state index in [4.69, 9.17) is 0 Å². The minimum atomic E-state index is -1.71. The molecule has 0 heterocycles. The number of carbonyl (C=O) groups excluding carboxylic acids is 1. The Kier molecular flexibility index (Phi) is 6.19. The maximum atomic E-state index is 11.2. The van der Waals surface area contributed by atoms with E-state index in [9.17, 15) is 4.79 Å². The van der Waals surface area contributed by atoms with E-state index in [0.29, 0.717) is 17.8 Å². The van der Waals surface area contributed by atoms with Gasteiger partial charge in [0.2, 0.25) is 0 Å². The number of aldehydes is 1. The summed E-state index contributed by atoms with van der Waals surface area (Å²) in [5.41, 5.74) is 6.85. The zero-order valence-corrected chi connectivity index (χ0v) is 18.6. The third kappa shape index (κ3) is 3.69. The molecule has 0 radical (unpaired) electrons. The summed E-state index contributed by atoms with van der Waals surface area (Å²) in [5, 5.41) is 0. The van der Waals surface area contributed by atoms with E-state index in [1.165, 1.54) is 61.8 Å². The van der Waals surface area contributed by atoms with Gasteiger partial charge in [0.25, 0.3) is 0 Å². The van der Waals surface area contributed by atoms with E-state index in [2.05, 4.69) is 34.9 Å². The van der Waals surface area contributed by atoms with E-state index in [1.54, 1.807) is 22.3 Å². The molecule has 1 nitrogen and oxygen atoms in total. The first-order valence-corrected chi connectivity index (χ1v) is 15.6. The molecule has 26 heavy (non-hydrogen) atoms. The first-order valence-electron chi connectivity index (χ1n) is 10.7. The molecule has 0 amide bonds. The zero-order chi connectivity index (χ0) is 17.9. The molecule has 0 saturated heterocycles. The zero-order valence-electron chi connectivity index (χ0n) is 16.2. The van der Waals surface area contributed by atoms with Gasteiger partial charge in [-0.05, 0) is 0 Å². The average molecular weight is 428 g/mol. The SMILES string of the molecule is C[CH]=[Zr]([CH2]C=O)[CH2]C(C1C=CC2=C1CCCC2)C1C=CC2=C1CCCC2. The van der Waals surface area contributed by atoms with Crippen molar-refractivity contribution in [1.82, 2.24) is 0 Å². The molecular formula is C24H32OZr. The number of allylic oxidation sites excluding steroid dienone is 8. The third-order valence-corrected chi connectivity index (χ3v) is 13.3. The molecule has 0 spiro atoms. The summed E-state index contributed by atoms with van der Waals surface area (Å²) in [6.45, 7) is 2.22. The van der Waals surface area contributed by atoms with Crippen LogP contribution in [0.3, 0.4) is 0 Å². The van der Waals surface area contributed by atoms with Crippen molar-refractivity contribution in [3.8, 4) is 0 Å². The predicted octanol–water partition coefficient (Wildman–Crippen LogP) is 6.19. The van der Waals surface area contributed by atoms with Crippen molar-refractivity contribution in [3.63, 3.8) is 0 Å². The third-order valence-electron chi connectivity index (χ3n) is 7.10. The molecule has 4 aliphatic carbocycles. The Morgan fingerprint density at radius 3 is 2.00 bits per heavy atom. The van der Waals surface area contributed by atoms with E-state index < -0.39 is 21.3 Å². The summed E-state index contributed by atoms with van der Waals surface area (Å²) in [4.78, 5) is 11.2. The number of hydrogen-bond donors (Lipinski definition) is 0. The quantitative estimate of drug-likeness (QED) is 0.462. The van der Waals surface area contributed by atoms with Crippen molar-refractivity contribution in [2.45, 2.75) is 66.5 Å². The van der Waals surface area contributed by atoms with Crippen molar-refractivity contribution in [2.24, 2.45) is 17.8 Å². The van der Waals surface area contributed by atoms with Gasteiger partial charge in [-0.25, -0.2) is 0 Å². The van der Waals surface area contributed by atoms with Gasteiger partial charge in [0.05, 0.1) is 0 Å². The predicted molar refractivity (Wildman–Crippen MR) is 107 cm³/mol. The molecule has 4 rings (SSSR count). The topological polar surface area (TPSA) is 17.1 Å². The van der Waals surface area contributed by atoms with Crippen LogP contribution in [0.15, 0.2) is 46.6 Å². The van der Waals surface area contributed by atoms with Crippen molar-refractivity contribution in [3.05, 3.63) is 46.6 Å². The van der Waals surface area contributed by atoms with Gasteiger partial charge in [0.1, 0.15) is 0 Å². The van der Waals surface area contributed by atoms with Crippen LogP contribution in [0.2, 0.25) is 8.26 Å². The molecular weight excluding hydrogens is 395 g/mol. The van der Waals surface area contributed by atoms with Gasteiger partial charge >= 0.3 is 167 Å². The molecule has 0 fully saturated rings. The number of hydrogen-bond acceptors (Lipinski definition) is 1. The van der Waals surface area contributed by atoms with Gasteiger partial charge in [0, 0.05) is 0 Å². The average Bonchev–Trinajstić information content (AvgIpc) is 3.30. The van der Waals surface area contributed by atoms with E-state index in [-0.39, 0.29) is 0 Å². The fourth-order valence-corrected chi connectivity index (χ4v) is 10.6. The summed E-state index contributed by atoms with van der Waals surface area (Å²) in [6, 6.07) is 0. The van der Waals surface area contributed by atoms with Crippen molar-refractivity contribution < 1.29 is 26.1 Å². The Labute approximate surface area is 166 Å². The van der Waals surface area contributed by atoms with Crippen molar-refractivity contribution in [2.75, 3.05) is 0 Å². The first kappa shape index (κ1) is 18.7. The molecule has 0 saturated carbocycles. The summed E-state index contributed by atoms with van der Waals surface area (Å²) in [6.07, 6.45) is 21.9. The van der Waals surface area contributed by atoms with Crippen LogP contribution >= 0.6 is 0 Å². The summed E-state index contributed by atoms with van der Waals surface area (Å²) >= 11 is -1.71. The van der Waals surface area contributed by atoms with E-state index >= 15 is 0 Å². The van der Waals surface area contributed by atoms with Crippen LogP contribution in [0.4, 0.5) is 0 Å². The van der Waals surface area contributed by atoms with Crippen LogP contribution in [0, 0.1) is 17.8 Å². The fraction of sp³-hybridized carbons (Fsp3) is 0.583. The first-order chi connectivity index (χ1) is 12.8. The number of carbonyl (C=O) groups is 1. The van der Waals surface area contributed by atoms with Gasteiger partial charge in [-0.1, -0.05) is 0 Å². The van der Waals surface area contributed by atoms with Crippen LogP contribution < -0.4 is 0 Å². The second-order valence-corrected chi connectivity index (χ2v) is 15.1. The molecule has 4 aliphatic rings. The molecule has 2 heteroatoms. The van der Waals surface area contributed by atoms with Gasteiger partial charge < -0.3 is 0 Å². The molecule has 0 aliphatic heterocycles. The van der Waals surface area contributed by atoms with Crippen LogP contribution in [-0.2, 0) is 26.1 Å². The second kappa shape index (κ2) is 8.60.